The summed E-state index contributed by atoms with van der Waals surface area (Å²) in [5.74, 6) is 1.39. The highest BCUT2D eigenvalue weighted by Gasteiger charge is 2.38. The molecule has 0 spiro atoms. The molecule has 1 aromatic carbocycles. The molecule has 1 aliphatic heterocycles. The predicted molar refractivity (Wildman–Crippen MR) is 122 cm³/mol. The number of H-pyrrole nitrogens is 1. The molecule has 0 radical (unpaired) electrons. The molecule has 7 nitrogen and oxygen atoms in total. The van der Waals surface area contributed by atoms with Crippen molar-refractivity contribution in [3.05, 3.63) is 51.1 Å². The number of benzene rings is 1. The largest absolute Gasteiger partial charge is 0.322 e. The molecule has 166 valence electrons. The van der Waals surface area contributed by atoms with E-state index in [2.05, 4.69) is 80.3 Å². The summed E-state index contributed by atoms with van der Waals surface area (Å²) in [6.45, 7) is 14.9. The summed E-state index contributed by atoms with van der Waals surface area (Å²) in [6, 6.07) is 6.09. The summed E-state index contributed by atoms with van der Waals surface area (Å²) < 4.78 is 1.94. The van der Waals surface area contributed by atoms with Gasteiger partial charge in [0, 0.05) is 5.92 Å². The van der Waals surface area contributed by atoms with Crippen molar-refractivity contribution < 1.29 is 4.90 Å². The molecule has 3 atom stereocenters. The first-order valence-corrected chi connectivity index (χ1v) is 11.5. The lowest BCUT2D eigenvalue weighted by atomic mass is 9.94. The molecule has 4 rings (SSSR count). The molecule has 3 heterocycles. The molecule has 0 saturated carbocycles. The summed E-state index contributed by atoms with van der Waals surface area (Å²) in [5.41, 5.74) is 3.70. The fourth-order valence-corrected chi connectivity index (χ4v) is 4.84. The number of aromatic nitrogens is 5. The number of tetrazole rings is 1. The number of aromatic amines is 1. The average molecular weight is 424 g/mol. The van der Waals surface area contributed by atoms with Gasteiger partial charge in [-0.25, -0.2) is 4.68 Å². The number of piperidine rings is 1. The van der Waals surface area contributed by atoms with Gasteiger partial charge in [-0.3, -0.25) is 4.79 Å². The summed E-state index contributed by atoms with van der Waals surface area (Å²) in [7, 11) is 0. The average Bonchev–Trinajstić information content (AvgIpc) is 3.22. The predicted octanol–water partition coefficient (Wildman–Crippen LogP) is 2.68. The zero-order chi connectivity index (χ0) is 22.3. The Hall–Kier alpha value is -2.54. The fourth-order valence-electron chi connectivity index (χ4n) is 4.84. The van der Waals surface area contributed by atoms with Crippen LogP contribution in [0.4, 0.5) is 0 Å². The number of rotatable bonds is 5. The van der Waals surface area contributed by atoms with Crippen LogP contribution in [0.1, 0.15) is 75.5 Å². The number of quaternary nitrogens is 1. The van der Waals surface area contributed by atoms with Gasteiger partial charge in [-0.2, -0.15) is 0 Å². The number of nitrogens with zero attached hydrogens (tertiary/aromatic N) is 4. The van der Waals surface area contributed by atoms with Crippen LogP contribution >= 0.6 is 0 Å². The lowest BCUT2D eigenvalue weighted by molar-refractivity contribution is -0.934. The third-order valence-corrected chi connectivity index (χ3v) is 7.29. The minimum atomic E-state index is -0.227. The third-order valence-electron chi connectivity index (χ3n) is 7.29. The highest BCUT2D eigenvalue weighted by Crippen LogP contribution is 2.26. The lowest BCUT2D eigenvalue weighted by Crippen LogP contribution is -3.14. The van der Waals surface area contributed by atoms with Gasteiger partial charge in [0.2, 0.25) is 5.82 Å². The van der Waals surface area contributed by atoms with E-state index in [1.165, 1.54) is 16.9 Å². The second kappa shape index (κ2) is 8.19. The van der Waals surface area contributed by atoms with Crippen LogP contribution in [-0.2, 0) is 5.54 Å². The molecule has 7 heteroatoms. The van der Waals surface area contributed by atoms with Gasteiger partial charge in [0.15, 0.2) is 6.04 Å². The van der Waals surface area contributed by atoms with Crippen molar-refractivity contribution in [3.8, 4) is 0 Å². The van der Waals surface area contributed by atoms with Gasteiger partial charge in [-0.15, -0.1) is 5.10 Å². The Labute approximate surface area is 183 Å². The maximum Gasteiger partial charge on any atom is 0.258 e. The number of hydrogen-bond acceptors (Lipinski definition) is 4. The highest BCUT2D eigenvalue weighted by atomic mass is 16.1. The molecule has 1 unspecified atom stereocenters. The minimum Gasteiger partial charge on any atom is -0.322 e. The maximum atomic E-state index is 13.4. The number of likely N-dealkylation sites (tertiary alicyclic amines) is 1. The van der Waals surface area contributed by atoms with Crippen LogP contribution in [0.15, 0.2) is 23.0 Å². The lowest BCUT2D eigenvalue weighted by Gasteiger charge is -2.35. The van der Waals surface area contributed by atoms with Crippen molar-refractivity contribution in [1.29, 1.82) is 0 Å². The number of aryl methyl sites for hydroxylation is 2. The van der Waals surface area contributed by atoms with Crippen LogP contribution in [0, 0.1) is 19.8 Å². The van der Waals surface area contributed by atoms with E-state index in [0.717, 1.165) is 53.8 Å². The van der Waals surface area contributed by atoms with Gasteiger partial charge < -0.3 is 9.88 Å². The summed E-state index contributed by atoms with van der Waals surface area (Å²) in [5, 5.41) is 14.0. The monoisotopic (exact) mass is 423 g/mol. The number of nitrogens with one attached hydrogen (secondary N) is 2. The second-order valence-corrected chi connectivity index (χ2v) is 9.93. The van der Waals surface area contributed by atoms with Crippen LogP contribution < -0.4 is 10.5 Å². The Morgan fingerprint density at radius 1 is 1.32 bits per heavy atom. The standard InChI is InChI=1S/C24H34N6O/c1-7-24(5,6)30-22(26-27-28-30)21(29-12-8-9-15(2)14-29)19-13-18-11-10-16(3)17(4)20(18)25-23(19)31/h10-11,13,15,21H,7-9,12,14H2,1-6H3,(H,25,31)/p+1/t15-,21-/m0/s1. The van der Waals surface area contributed by atoms with Crippen LogP contribution in [0.2, 0.25) is 0 Å². The number of hydrogen-bond donors (Lipinski definition) is 2. The zero-order valence-electron chi connectivity index (χ0n) is 19.6. The summed E-state index contributed by atoms with van der Waals surface area (Å²) in [4.78, 5) is 18.0. The van der Waals surface area contributed by atoms with E-state index in [1.54, 1.807) is 0 Å². The molecule has 31 heavy (non-hydrogen) atoms. The Morgan fingerprint density at radius 2 is 2.10 bits per heavy atom. The molecular weight excluding hydrogens is 388 g/mol. The summed E-state index contributed by atoms with van der Waals surface area (Å²) >= 11 is 0. The topological polar surface area (TPSA) is 80.9 Å². The first-order chi connectivity index (χ1) is 14.7. The van der Waals surface area contributed by atoms with Crippen molar-refractivity contribution in [2.75, 3.05) is 13.1 Å². The molecule has 0 aliphatic carbocycles. The second-order valence-electron chi connectivity index (χ2n) is 9.93. The van der Waals surface area contributed by atoms with Gasteiger partial charge in [0.05, 0.1) is 29.7 Å². The normalized spacial score (nSPS) is 20.8. The molecule has 2 N–H and O–H groups in total. The first kappa shape index (κ1) is 21.7. The molecule has 1 aliphatic rings. The van der Waals surface area contributed by atoms with Crippen molar-refractivity contribution in [1.82, 2.24) is 25.2 Å². The molecule has 3 aromatic rings. The van der Waals surface area contributed by atoms with Gasteiger partial charge in [0.1, 0.15) is 0 Å². The van der Waals surface area contributed by atoms with Crippen LogP contribution in [0.3, 0.4) is 0 Å². The smallest absolute Gasteiger partial charge is 0.258 e. The minimum absolute atomic E-state index is 0.0409. The third kappa shape index (κ3) is 3.91. The van der Waals surface area contributed by atoms with Gasteiger partial charge >= 0.3 is 0 Å². The van der Waals surface area contributed by atoms with E-state index < -0.39 is 0 Å². The van der Waals surface area contributed by atoms with Crippen molar-refractivity contribution in [2.24, 2.45) is 5.92 Å². The van der Waals surface area contributed by atoms with E-state index in [9.17, 15) is 4.79 Å². The molecule has 2 aromatic heterocycles. The van der Waals surface area contributed by atoms with Gasteiger partial charge in [-0.1, -0.05) is 26.0 Å². The van der Waals surface area contributed by atoms with Gasteiger partial charge in [0.25, 0.3) is 5.56 Å². The Bertz CT molecular complexity index is 1140. The molecular formula is C24H35N6O+. The first-order valence-electron chi connectivity index (χ1n) is 11.5. The fraction of sp³-hybridized carbons (Fsp3) is 0.583. The van der Waals surface area contributed by atoms with Crippen LogP contribution in [0.25, 0.3) is 10.9 Å². The Kier molecular flexibility index (Phi) is 5.73. The Balaban J connectivity index is 1.93. The highest BCUT2D eigenvalue weighted by molar-refractivity contribution is 5.83. The quantitative estimate of drug-likeness (QED) is 0.661. The van der Waals surface area contributed by atoms with E-state index >= 15 is 0 Å². The SMILES string of the molecule is CCC(C)(C)n1nnnc1[C@H](c1cc2ccc(C)c(C)c2[nH]c1=O)[NH+]1CCC[C@H](C)C1. The molecule has 1 fully saturated rings. The van der Waals surface area contributed by atoms with E-state index in [0.29, 0.717) is 5.92 Å². The maximum absolute atomic E-state index is 13.4. The Morgan fingerprint density at radius 3 is 2.81 bits per heavy atom. The van der Waals surface area contributed by atoms with Crippen LogP contribution in [-0.4, -0.2) is 38.3 Å². The number of fused-ring (bicyclic) bond motifs is 1. The zero-order valence-corrected chi connectivity index (χ0v) is 19.6. The molecule has 0 bridgehead atoms. The summed E-state index contributed by atoms with van der Waals surface area (Å²) in [6.07, 6.45) is 3.28. The van der Waals surface area contributed by atoms with Crippen LogP contribution in [0.5, 0.6) is 0 Å². The molecule has 1 saturated heterocycles. The van der Waals surface area contributed by atoms with Crippen molar-refractivity contribution in [3.63, 3.8) is 0 Å². The van der Waals surface area contributed by atoms with Crippen molar-refractivity contribution in [2.45, 2.75) is 72.4 Å². The van der Waals surface area contributed by atoms with Gasteiger partial charge in [-0.05, 0) is 80.0 Å². The van der Waals surface area contributed by atoms with E-state index in [1.807, 2.05) is 4.68 Å². The van der Waals surface area contributed by atoms with E-state index in [-0.39, 0.29) is 17.1 Å². The van der Waals surface area contributed by atoms with Crippen molar-refractivity contribution >= 4 is 10.9 Å². The molecule has 0 amide bonds. The van der Waals surface area contributed by atoms with E-state index in [4.69, 9.17) is 0 Å². The number of pyridine rings is 1.